The number of thioether (sulfide) groups is 1. The molecule has 3 amide bonds. The van der Waals surface area contributed by atoms with E-state index >= 15 is 0 Å². The molecule has 18 heavy (non-hydrogen) atoms. The second kappa shape index (κ2) is 6.44. The number of benzene rings is 1. The molecule has 0 fully saturated rings. The molecular weight excluding hydrogens is 248 g/mol. The number of primary amides is 1. The normalized spacial score (nSPS) is 12.2. The molecule has 0 aliphatic heterocycles. The van der Waals surface area contributed by atoms with Crippen LogP contribution in [0.2, 0.25) is 0 Å². The first-order valence-corrected chi connectivity index (χ1v) is 6.61. The van der Waals surface area contributed by atoms with E-state index < -0.39 is 6.03 Å². The standard InChI is InChI=1S/C13H18N2O2S/c1-8(2)11(12(16)15-13(14)17)18-10-6-4-5-9(3)7-10/h4-8,11H,1-3H3,(H3,14,15,16,17). The van der Waals surface area contributed by atoms with E-state index in [4.69, 9.17) is 5.73 Å². The quantitative estimate of drug-likeness (QED) is 0.821. The number of urea groups is 1. The molecule has 0 bridgehead atoms. The third-order valence-electron chi connectivity index (χ3n) is 2.36. The fraction of sp³-hybridized carbons (Fsp3) is 0.385. The number of aryl methyl sites for hydroxylation is 1. The second-order valence-corrected chi connectivity index (χ2v) is 5.67. The molecule has 0 aliphatic carbocycles. The number of amides is 3. The molecule has 0 aromatic heterocycles. The van der Waals surface area contributed by atoms with E-state index in [-0.39, 0.29) is 17.1 Å². The Morgan fingerprint density at radius 2 is 2.00 bits per heavy atom. The molecule has 1 rings (SSSR count). The molecule has 0 aliphatic rings. The Kier molecular flexibility index (Phi) is 5.22. The molecule has 0 radical (unpaired) electrons. The summed E-state index contributed by atoms with van der Waals surface area (Å²) in [6.07, 6.45) is 0. The lowest BCUT2D eigenvalue weighted by Gasteiger charge is -2.18. The van der Waals surface area contributed by atoms with Crippen molar-refractivity contribution in [1.29, 1.82) is 0 Å². The average molecular weight is 266 g/mol. The maximum Gasteiger partial charge on any atom is 0.318 e. The van der Waals surface area contributed by atoms with Gasteiger partial charge < -0.3 is 5.73 Å². The van der Waals surface area contributed by atoms with Crippen LogP contribution in [0.1, 0.15) is 19.4 Å². The second-order valence-electron chi connectivity index (χ2n) is 4.45. The van der Waals surface area contributed by atoms with E-state index in [1.807, 2.05) is 45.0 Å². The van der Waals surface area contributed by atoms with Crippen molar-refractivity contribution in [3.8, 4) is 0 Å². The van der Waals surface area contributed by atoms with Gasteiger partial charge in [0.05, 0.1) is 5.25 Å². The Morgan fingerprint density at radius 3 is 2.50 bits per heavy atom. The van der Waals surface area contributed by atoms with Crippen LogP contribution in [0.25, 0.3) is 0 Å². The zero-order valence-electron chi connectivity index (χ0n) is 10.8. The smallest absolute Gasteiger partial charge is 0.318 e. The number of rotatable bonds is 4. The van der Waals surface area contributed by atoms with Crippen molar-refractivity contribution < 1.29 is 9.59 Å². The lowest BCUT2D eigenvalue weighted by molar-refractivity contribution is -0.120. The number of carbonyl (C=O) groups is 2. The maximum atomic E-state index is 11.9. The zero-order chi connectivity index (χ0) is 13.7. The summed E-state index contributed by atoms with van der Waals surface area (Å²) in [7, 11) is 0. The molecule has 1 atom stereocenters. The first-order valence-electron chi connectivity index (χ1n) is 5.73. The Bertz CT molecular complexity index is 446. The van der Waals surface area contributed by atoms with Crippen molar-refractivity contribution in [2.45, 2.75) is 30.9 Å². The van der Waals surface area contributed by atoms with Crippen LogP contribution in [0.3, 0.4) is 0 Å². The highest BCUT2D eigenvalue weighted by molar-refractivity contribution is 8.00. The maximum absolute atomic E-state index is 11.9. The number of hydrogen-bond donors (Lipinski definition) is 2. The highest BCUT2D eigenvalue weighted by atomic mass is 32.2. The molecule has 0 heterocycles. The number of carbonyl (C=O) groups excluding carboxylic acids is 2. The summed E-state index contributed by atoms with van der Waals surface area (Å²) in [6.45, 7) is 5.87. The van der Waals surface area contributed by atoms with Crippen molar-refractivity contribution in [3.63, 3.8) is 0 Å². The van der Waals surface area contributed by atoms with Gasteiger partial charge in [-0.05, 0) is 25.0 Å². The van der Waals surface area contributed by atoms with E-state index in [1.165, 1.54) is 11.8 Å². The molecule has 0 spiro atoms. The van der Waals surface area contributed by atoms with Gasteiger partial charge in [-0.3, -0.25) is 10.1 Å². The van der Waals surface area contributed by atoms with Crippen LogP contribution in [0, 0.1) is 12.8 Å². The molecule has 1 aromatic rings. The molecule has 4 nitrogen and oxygen atoms in total. The largest absolute Gasteiger partial charge is 0.351 e. The van der Waals surface area contributed by atoms with Crippen molar-refractivity contribution in [2.24, 2.45) is 11.7 Å². The minimum Gasteiger partial charge on any atom is -0.351 e. The summed E-state index contributed by atoms with van der Waals surface area (Å²) < 4.78 is 0. The third-order valence-corrected chi connectivity index (χ3v) is 3.90. The average Bonchev–Trinajstić information content (AvgIpc) is 2.24. The van der Waals surface area contributed by atoms with Crippen molar-refractivity contribution >= 4 is 23.7 Å². The van der Waals surface area contributed by atoms with Gasteiger partial charge in [0.25, 0.3) is 0 Å². The minimum absolute atomic E-state index is 0.106. The number of hydrogen-bond acceptors (Lipinski definition) is 3. The summed E-state index contributed by atoms with van der Waals surface area (Å²) in [5.74, 6) is -0.237. The predicted octanol–water partition coefficient (Wildman–Crippen LogP) is 2.31. The summed E-state index contributed by atoms with van der Waals surface area (Å²) in [5, 5.41) is 1.80. The first kappa shape index (κ1) is 14.6. The zero-order valence-corrected chi connectivity index (χ0v) is 11.6. The van der Waals surface area contributed by atoms with E-state index in [0.29, 0.717) is 0 Å². The van der Waals surface area contributed by atoms with Gasteiger partial charge >= 0.3 is 6.03 Å². The molecule has 98 valence electrons. The van der Waals surface area contributed by atoms with Crippen LogP contribution in [0.4, 0.5) is 4.79 Å². The van der Waals surface area contributed by atoms with Gasteiger partial charge in [-0.1, -0.05) is 31.5 Å². The monoisotopic (exact) mass is 266 g/mol. The van der Waals surface area contributed by atoms with Gasteiger partial charge in [0.15, 0.2) is 0 Å². The lowest BCUT2D eigenvalue weighted by Crippen LogP contribution is -2.42. The summed E-state index contributed by atoms with van der Waals surface area (Å²) >= 11 is 1.44. The van der Waals surface area contributed by atoms with E-state index in [1.54, 1.807) is 0 Å². The highest BCUT2D eigenvalue weighted by Gasteiger charge is 2.24. The summed E-state index contributed by atoms with van der Waals surface area (Å²) in [4.78, 5) is 23.6. The van der Waals surface area contributed by atoms with Crippen LogP contribution in [0.15, 0.2) is 29.2 Å². The molecule has 3 N–H and O–H groups in total. The topological polar surface area (TPSA) is 72.2 Å². The van der Waals surface area contributed by atoms with E-state index in [0.717, 1.165) is 10.5 Å². The summed E-state index contributed by atoms with van der Waals surface area (Å²) in [6, 6.07) is 7.09. The molecule has 0 saturated heterocycles. The molecular formula is C13H18N2O2S. The minimum atomic E-state index is -0.810. The van der Waals surface area contributed by atoms with Crippen LogP contribution in [0.5, 0.6) is 0 Å². The molecule has 1 aromatic carbocycles. The van der Waals surface area contributed by atoms with Gasteiger partial charge in [0.2, 0.25) is 5.91 Å². The van der Waals surface area contributed by atoms with Gasteiger partial charge in [0.1, 0.15) is 0 Å². The Morgan fingerprint density at radius 1 is 1.33 bits per heavy atom. The Balaban J connectivity index is 2.80. The number of nitrogens with two attached hydrogens (primary N) is 1. The van der Waals surface area contributed by atoms with Crippen LogP contribution in [-0.2, 0) is 4.79 Å². The van der Waals surface area contributed by atoms with Crippen molar-refractivity contribution in [3.05, 3.63) is 29.8 Å². The Hall–Kier alpha value is -1.49. The Labute approximate surface area is 111 Å². The van der Waals surface area contributed by atoms with Gasteiger partial charge in [-0.25, -0.2) is 4.79 Å². The van der Waals surface area contributed by atoms with Gasteiger partial charge in [-0.2, -0.15) is 0 Å². The van der Waals surface area contributed by atoms with Crippen LogP contribution < -0.4 is 11.1 Å². The van der Waals surface area contributed by atoms with Crippen molar-refractivity contribution in [2.75, 3.05) is 0 Å². The number of nitrogens with one attached hydrogen (secondary N) is 1. The van der Waals surface area contributed by atoms with Gasteiger partial charge in [-0.15, -0.1) is 11.8 Å². The van der Waals surface area contributed by atoms with E-state index in [2.05, 4.69) is 5.32 Å². The first-order chi connectivity index (χ1) is 8.40. The predicted molar refractivity (Wildman–Crippen MR) is 73.4 cm³/mol. The highest BCUT2D eigenvalue weighted by Crippen LogP contribution is 2.28. The molecule has 0 saturated carbocycles. The van der Waals surface area contributed by atoms with E-state index in [9.17, 15) is 9.59 Å². The van der Waals surface area contributed by atoms with Crippen LogP contribution >= 0.6 is 11.8 Å². The number of imide groups is 1. The fourth-order valence-corrected chi connectivity index (χ4v) is 2.66. The summed E-state index contributed by atoms with van der Waals surface area (Å²) in [5.41, 5.74) is 6.11. The SMILES string of the molecule is Cc1cccc(SC(C(=O)NC(N)=O)C(C)C)c1. The third kappa shape index (κ3) is 4.41. The lowest BCUT2D eigenvalue weighted by atomic mass is 10.1. The molecule has 1 unspecified atom stereocenters. The molecule has 5 heteroatoms. The fourth-order valence-electron chi connectivity index (χ4n) is 1.52. The van der Waals surface area contributed by atoms with Gasteiger partial charge in [0, 0.05) is 4.90 Å². The van der Waals surface area contributed by atoms with Crippen LogP contribution in [-0.4, -0.2) is 17.2 Å². The van der Waals surface area contributed by atoms with Crippen molar-refractivity contribution in [1.82, 2.24) is 5.32 Å².